The van der Waals surface area contributed by atoms with E-state index in [1.54, 1.807) is 0 Å². The number of thiol groups is 1. The van der Waals surface area contributed by atoms with Gasteiger partial charge >= 0.3 is 0 Å². The highest BCUT2D eigenvalue weighted by Crippen LogP contribution is 2.10. The van der Waals surface area contributed by atoms with Crippen molar-refractivity contribution in [3.8, 4) is 0 Å². The lowest BCUT2D eigenvalue weighted by Crippen LogP contribution is -2.28. The molecule has 1 fully saturated rings. The highest BCUT2D eigenvalue weighted by Gasteiger charge is 2.06. The smallest absolute Gasteiger partial charge is 0.00110 e. The zero-order valence-corrected chi connectivity index (χ0v) is 8.86. The fourth-order valence-electron chi connectivity index (χ4n) is 1.83. The second kappa shape index (κ2) is 6.79. The molecular formula is C10H21NS. The molecule has 1 aliphatic rings. The normalized spacial score (nSPS) is 21.8. The van der Waals surface area contributed by atoms with Gasteiger partial charge in [-0.05, 0) is 44.6 Å². The minimum absolute atomic E-state index is 1.04. The lowest BCUT2D eigenvalue weighted by atomic mass is 10.1. The van der Waals surface area contributed by atoms with Gasteiger partial charge in [0.2, 0.25) is 0 Å². The molecule has 0 spiro atoms. The third-order valence-corrected chi connectivity index (χ3v) is 2.90. The summed E-state index contributed by atoms with van der Waals surface area (Å²) in [7, 11) is 0. The van der Waals surface area contributed by atoms with Crippen LogP contribution in [0.5, 0.6) is 0 Å². The van der Waals surface area contributed by atoms with E-state index in [1.165, 1.54) is 58.2 Å². The molecule has 0 aliphatic carbocycles. The van der Waals surface area contributed by atoms with Gasteiger partial charge in [0.05, 0.1) is 0 Å². The van der Waals surface area contributed by atoms with E-state index in [0.717, 1.165) is 5.75 Å². The number of hydrogen-bond acceptors (Lipinski definition) is 2. The number of likely N-dealkylation sites (tertiary alicyclic amines) is 1. The van der Waals surface area contributed by atoms with Crippen molar-refractivity contribution < 1.29 is 0 Å². The Kier molecular flexibility index (Phi) is 5.88. The Morgan fingerprint density at radius 1 is 0.917 bits per heavy atom. The first-order chi connectivity index (χ1) is 5.93. The van der Waals surface area contributed by atoms with Gasteiger partial charge in [-0.1, -0.05) is 19.3 Å². The molecule has 0 saturated carbocycles. The maximum Gasteiger partial charge on any atom is -0.00110 e. The molecule has 2 heteroatoms. The summed E-state index contributed by atoms with van der Waals surface area (Å²) in [6.45, 7) is 3.92. The topological polar surface area (TPSA) is 3.24 Å². The molecule has 0 unspecified atom stereocenters. The van der Waals surface area contributed by atoms with Gasteiger partial charge in [-0.3, -0.25) is 0 Å². The van der Waals surface area contributed by atoms with Crippen molar-refractivity contribution in [1.82, 2.24) is 4.90 Å². The van der Waals surface area contributed by atoms with Crippen LogP contribution in [0, 0.1) is 0 Å². The monoisotopic (exact) mass is 187 g/mol. The molecule has 0 aromatic heterocycles. The Balaban J connectivity index is 2.11. The highest BCUT2D eigenvalue weighted by molar-refractivity contribution is 7.80. The summed E-state index contributed by atoms with van der Waals surface area (Å²) >= 11 is 4.24. The zero-order valence-electron chi connectivity index (χ0n) is 7.97. The minimum atomic E-state index is 1.04. The second-order valence-corrected chi connectivity index (χ2v) is 4.13. The van der Waals surface area contributed by atoms with Crippen molar-refractivity contribution in [2.75, 3.05) is 25.4 Å². The maximum absolute atomic E-state index is 4.24. The molecule has 0 N–H and O–H groups in total. The predicted molar refractivity (Wildman–Crippen MR) is 58.0 cm³/mol. The lowest BCUT2D eigenvalue weighted by molar-refractivity contribution is 0.249. The van der Waals surface area contributed by atoms with E-state index < -0.39 is 0 Å². The van der Waals surface area contributed by atoms with Crippen LogP contribution in [0.2, 0.25) is 0 Å². The molecular weight excluding hydrogens is 166 g/mol. The Morgan fingerprint density at radius 3 is 2.08 bits per heavy atom. The summed E-state index contributed by atoms with van der Waals surface area (Å²) in [5.74, 6) is 1.04. The van der Waals surface area contributed by atoms with Crippen LogP contribution in [0.15, 0.2) is 0 Å². The molecule has 1 heterocycles. The van der Waals surface area contributed by atoms with Crippen LogP contribution in [0.3, 0.4) is 0 Å². The Morgan fingerprint density at radius 2 is 1.50 bits per heavy atom. The van der Waals surface area contributed by atoms with E-state index in [-0.39, 0.29) is 0 Å². The van der Waals surface area contributed by atoms with Crippen molar-refractivity contribution in [3.63, 3.8) is 0 Å². The standard InChI is InChI=1S/C10H21NS/c12-10-6-9-11-7-4-2-1-3-5-8-11/h12H,1-10H2. The minimum Gasteiger partial charge on any atom is -0.303 e. The molecule has 1 saturated heterocycles. The van der Waals surface area contributed by atoms with E-state index in [9.17, 15) is 0 Å². The molecule has 1 nitrogen and oxygen atoms in total. The van der Waals surface area contributed by atoms with Gasteiger partial charge in [-0.2, -0.15) is 12.6 Å². The fourth-order valence-corrected chi connectivity index (χ4v) is 1.97. The summed E-state index contributed by atoms with van der Waals surface area (Å²) in [4.78, 5) is 2.61. The summed E-state index contributed by atoms with van der Waals surface area (Å²) in [6.07, 6.45) is 8.41. The van der Waals surface area contributed by atoms with E-state index in [2.05, 4.69) is 17.5 Å². The average molecular weight is 187 g/mol. The molecule has 12 heavy (non-hydrogen) atoms. The molecule has 0 bridgehead atoms. The lowest BCUT2D eigenvalue weighted by Gasteiger charge is -2.23. The number of hydrogen-bond donors (Lipinski definition) is 1. The Labute approximate surface area is 81.9 Å². The summed E-state index contributed by atoms with van der Waals surface area (Å²) < 4.78 is 0. The van der Waals surface area contributed by atoms with Gasteiger partial charge in [-0.25, -0.2) is 0 Å². The van der Waals surface area contributed by atoms with Gasteiger partial charge in [0, 0.05) is 0 Å². The van der Waals surface area contributed by atoms with Crippen LogP contribution in [-0.4, -0.2) is 30.3 Å². The maximum atomic E-state index is 4.24. The van der Waals surface area contributed by atoms with Gasteiger partial charge < -0.3 is 4.90 Å². The summed E-state index contributed by atoms with van der Waals surface area (Å²) in [6, 6.07) is 0. The van der Waals surface area contributed by atoms with Crippen molar-refractivity contribution in [1.29, 1.82) is 0 Å². The average Bonchev–Trinajstić information content (AvgIpc) is 2.02. The van der Waals surface area contributed by atoms with Crippen molar-refractivity contribution in [2.45, 2.75) is 38.5 Å². The third-order valence-electron chi connectivity index (χ3n) is 2.58. The van der Waals surface area contributed by atoms with Crippen LogP contribution >= 0.6 is 12.6 Å². The molecule has 0 atom stereocenters. The molecule has 72 valence electrons. The van der Waals surface area contributed by atoms with Crippen molar-refractivity contribution >= 4 is 12.6 Å². The number of nitrogens with zero attached hydrogens (tertiary/aromatic N) is 1. The summed E-state index contributed by atoms with van der Waals surface area (Å²) in [5.41, 5.74) is 0. The first kappa shape index (κ1) is 10.4. The second-order valence-electron chi connectivity index (χ2n) is 3.69. The van der Waals surface area contributed by atoms with E-state index in [1.807, 2.05) is 0 Å². The number of rotatable bonds is 3. The Bertz CT molecular complexity index is 95.3. The van der Waals surface area contributed by atoms with E-state index in [0.29, 0.717) is 0 Å². The molecule has 1 rings (SSSR count). The van der Waals surface area contributed by atoms with Crippen LogP contribution in [0.4, 0.5) is 0 Å². The predicted octanol–water partition coefficient (Wildman–Crippen LogP) is 2.57. The van der Waals surface area contributed by atoms with Crippen LogP contribution < -0.4 is 0 Å². The summed E-state index contributed by atoms with van der Waals surface area (Å²) in [5, 5.41) is 0. The largest absolute Gasteiger partial charge is 0.303 e. The quantitative estimate of drug-likeness (QED) is 0.665. The zero-order chi connectivity index (χ0) is 8.65. The molecule has 0 radical (unpaired) electrons. The SMILES string of the molecule is SCCCN1CCCCCCC1. The van der Waals surface area contributed by atoms with Gasteiger partial charge in [0.1, 0.15) is 0 Å². The van der Waals surface area contributed by atoms with E-state index in [4.69, 9.17) is 0 Å². The molecule has 0 aromatic rings. The van der Waals surface area contributed by atoms with Crippen molar-refractivity contribution in [2.24, 2.45) is 0 Å². The first-order valence-corrected chi connectivity index (χ1v) is 5.90. The Hall–Kier alpha value is 0.310. The molecule has 0 amide bonds. The van der Waals surface area contributed by atoms with Crippen molar-refractivity contribution in [3.05, 3.63) is 0 Å². The van der Waals surface area contributed by atoms with Crippen LogP contribution in [0.25, 0.3) is 0 Å². The molecule has 0 aromatic carbocycles. The van der Waals surface area contributed by atoms with Gasteiger partial charge in [-0.15, -0.1) is 0 Å². The fraction of sp³-hybridized carbons (Fsp3) is 1.00. The molecule has 1 aliphatic heterocycles. The van der Waals surface area contributed by atoms with Crippen LogP contribution in [-0.2, 0) is 0 Å². The van der Waals surface area contributed by atoms with Gasteiger partial charge in [0.15, 0.2) is 0 Å². The highest BCUT2D eigenvalue weighted by atomic mass is 32.1. The third kappa shape index (κ3) is 4.36. The van der Waals surface area contributed by atoms with Gasteiger partial charge in [0.25, 0.3) is 0 Å². The van der Waals surface area contributed by atoms with E-state index >= 15 is 0 Å². The van der Waals surface area contributed by atoms with Crippen LogP contribution in [0.1, 0.15) is 38.5 Å². The first-order valence-electron chi connectivity index (χ1n) is 5.26.